The number of rotatable bonds is 11. The van der Waals surface area contributed by atoms with E-state index in [0.717, 1.165) is 71.5 Å². The molecule has 7 rings (SSSR count). The molecule has 4 atom stereocenters. The average Bonchev–Trinajstić information content (AvgIpc) is 3.52. The second-order valence-corrected chi connectivity index (χ2v) is 14.1. The first kappa shape index (κ1) is 36.4. The predicted octanol–water partition coefficient (Wildman–Crippen LogP) is 6.48. The highest BCUT2D eigenvalue weighted by Crippen LogP contribution is 2.43. The maximum atomic E-state index is 13.3. The molecule has 2 amide bonds. The minimum atomic E-state index is -0.588. The van der Waals surface area contributed by atoms with E-state index in [2.05, 4.69) is 76.4 Å². The van der Waals surface area contributed by atoms with Crippen molar-refractivity contribution in [1.82, 2.24) is 15.5 Å². The molecule has 3 N–H and O–H groups in total. The number of aliphatic hydroxyl groups excluding tert-OH is 1. The Hall–Kier alpha value is -5.00. The number of amides is 2. The van der Waals surface area contributed by atoms with E-state index in [4.69, 9.17) is 14.2 Å². The second kappa shape index (κ2) is 16.3. The molecule has 3 saturated heterocycles. The molecular formula is C43H48N4O6. The summed E-state index contributed by atoms with van der Waals surface area (Å²) in [5, 5.41) is 15.5. The molecule has 0 aromatic heterocycles. The zero-order valence-electron chi connectivity index (χ0n) is 30.2. The van der Waals surface area contributed by atoms with Gasteiger partial charge in [-0.3, -0.25) is 4.79 Å². The van der Waals surface area contributed by atoms with Crippen LogP contribution in [0.3, 0.4) is 0 Å². The fraction of sp³-hybridized carbons (Fsp3) is 0.349. The van der Waals surface area contributed by atoms with E-state index >= 15 is 0 Å². The fourth-order valence-electron chi connectivity index (χ4n) is 7.77. The Morgan fingerprint density at radius 3 is 2.40 bits per heavy atom. The molecule has 4 aromatic carbocycles. The van der Waals surface area contributed by atoms with Crippen LogP contribution in [-0.4, -0.2) is 66.6 Å². The Bertz CT molecular complexity index is 1860. The Labute approximate surface area is 311 Å². The Kier molecular flexibility index (Phi) is 11.2. The van der Waals surface area contributed by atoms with Gasteiger partial charge < -0.3 is 39.8 Å². The van der Waals surface area contributed by atoms with Gasteiger partial charge in [-0.1, -0.05) is 105 Å². The number of carbonyl (C=O) groups excluding carboxylic acids is 2. The number of ether oxygens (including phenoxy) is 3. The molecule has 3 fully saturated rings. The van der Waals surface area contributed by atoms with Gasteiger partial charge in [0.1, 0.15) is 12.1 Å². The summed E-state index contributed by atoms with van der Waals surface area (Å²) in [5.41, 5.74) is 6.35. The first-order chi connectivity index (χ1) is 25.9. The van der Waals surface area contributed by atoms with Crippen molar-refractivity contribution in [3.63, 3.8) is 0 Å². The van der Waals surface area contributed by atoms with Gasteiger partial charge in [0.2, 0.25) is 5.91 Å². The van der Waals surface area contributed by atoms with Gasteiger partial charge in [-0.25, -0.2) is 4.79 Å². The molecular weight excluding hydrogens is 668 g/mol. The highest BCUT2D eigenvalue weighted by Gasteiger charge is 2.51. The van der Waals surface area contributed by atoms with Crippen LogP contribution in [0.2, 0.25) is 0 Å². The number of alkyl carbamates (subject to hydrolysis) is 1. The first-order valence-electron chi connectivity index (χ1n) is 18.4. The van der Waals surface area contributed by atoms with Gasteiger partial charge >= 0.3 is 6.09 Å². The van der Waals surface area contributed by atoms with Crippen molar-refractivity contribution in [2.75, 3.05) is 37.8 Å². The first-order valence-corrected chi connectivity index (χ1v) is 18.4. The van der Waals surface area contributed by atoms with Crippen molar-refractivity contribution in [2.24, 2.45) is 5.92 Å². The summed E-state index contributed by atoms with van der Waals surface area (Å²) in [7, 11) is 0. The number of anilines is 1. The average molecular weight is 717 g/mol. The van der Waals surface area contributed by atoms with Gasteiger partial charge in [0.05, 0.1) is 25.5 Å². The standard InChI is InChI=1S/C43H48N4O6/c1-3-24-51-42(50)44-26-32-8-7-9-36(25-32)33-16-18-35(19-17-33)40-52-38(30(2)39(53-40)34-14-12-31(28-48)13-15-34)27-46-22-20-43(21-23-46)41(49)45-29-47(43)37-10-5-4-6-11-37/h3-19,25,30,38-40,48H,1,20-24,26-29H2,2H3,(H,44,50)(H,45,49)/t30-,38+,39+,40+/m0/s1. The molecule has 1 spiro atoms. The number of carbonyl (C=O) groups is 2. The Morgan fingerprint density at radius 1 is 0.943 bits per heavy atom. The van der Waals surface area contributed by atoms with E-state index in [1.54, 1.807) is 0 Å². The number of aliphatic hydroxyl groups is 1. The van der Waals surface area contributed by atoms with E-state index in [0.29, 0.717) is 13.2 Å². The van der Waals surface area contributed by atoms with Crippen LogP contribution in [0.25, 0.3) is 11.1 Å². The van der Waals surface area contributed by atoms with Crippen LogP contribution in [-0.2, 0) is 32.2 Å². The molecule has 0 unspecified atom stereocenters. The smallest absolute Gasteiger partial charge is 0.407 e. The summed E-state index contributed by atoms with van der Waals surface area (Å²) in [6, 6.07) is 34.5. The summed E-state index contributed by atoms with van der Waals surface area (Å²) in [6.45, 7) is 9.05. The van der Waals surface area contributed by atoms with Crippen LogP contribution in [0.1, 0.15) is 54.4 Å². The molecule has 53 heavy (non-hydrogen) atoms. The minimum absolute atomic E-state index is 0.0140. The van der Waals surface area contributed by atoms with Crippen LogP contribution >= 0.6 is 0 Å². The quantitative estimate of drug-likeness (QED) is 0.151. The molecule has 3 aliphatic rings. The number of nitrogens with one attached hydrogen (secondary N) is 2. The molecule has 10 nitrogen and oxygen atoms in total. The molecule has 0 aliphatic carbocycles. The number of benzene rings is 4. The van der Waals surface area contributed by atoms with Crippen LogP contribution < -0.4 is 15.5 Å². The van der Waals surface area contributed by atoms with E-state index in [1.165, 1.54) is 6.08 Å². The lowest BCUT2D eigenvalue weighted by Crippen LogP contribution is -2.57. The number of likely N-dealkylation sites (tertiary alicyclic amines) is 1. The number of hydrogen-bond donors (Lipinski definition) is 3. The molecule has 10 heteroatoms. The molecule has 3 heterocycles. The minimum Gasteiger partial charge on any atom is -0.445 e. The maximum absolute atomic E-state index is 13.3. The van der Waals surface area contributed by atoms with Crippen molar-refractivity contribution in [3.05, 3.63) is 138 Å². The number of piperidine rings is 1. The third-order valence-electron chi connectivity index (χ3n) is 10.9. The van der Waals surface area contributed by atoms with Gasteiger partial charge in [-0.15, -0.1) is 0 Å². The zero-order valence-corrected chi connectivity index (χ0v) is 30.2. The van der Waals surface area contributed by atoms with E-state index in [9.17, 15) is 14.7 Å². The Morgan fingerprint density at radius 2 is 1.68 bits per heavy atom. The topological polar surface area (TPSA) is 113 Å². The zero-order chi connectivity index (χ0) is 36.8. The predicted molar refractivity (Wildman–Crippen MR) is 204 cm³/mol. The van der Waals surface area contributed by atoms with Crippen LogP contribution in [0.4, 0.5) is 10.5 Å². The van der Waals surface area contributed by atoms with Crippen molar-refractivity contribution in [3.8, 4) is 11.1 Å². The van der Waals surface area contributed by atoms with Gasteiger partial charge in [-0.2, -0.15) is 0 Å². The number of para-hydroxylation sites is 1. The molecule has 0 saturated carbocycles. The molecule has 3 aliphatic heterocycles. The second-order valence-electron chi connectivity index (χ2n) is 14.1. The summed E-state index contributed by atoms with van der Waals surface area (Å²) in [4.78, 5) is 29.9. The van der Waals surface area contributed by atoms with Gasteiger partial charge in [0.25, 0.3) is 0 Å². The largest absolute Gasteiger partial charge is 0.445 e. The highest BCUT2D eigenvalue weighted by molar-refractivity contribution is 5.93. The van der Waals surface area contributed by atoms with Gasteiger partial charge in [0.15, 0.2) is 6.29 Å². The van der Waals surface area contributed by atoms with Gasteiger partial charge in [-0.05, 0) is 58.9 Å². The summed E-state index contributed by atoms with van der Waals surface area (Å²) >= 11 is 0. The van der Waals surface area contributed by atoms with E-state index < -0.39 is 17.9 Å². The van der Waals surface area contributed by atoms with Crippen LogP contribution in [0.15, 0.2) is 116 Å². The summed E-state index contributed by atoms with van der Waals surface area (Å²) in [6.07, 6.45) is 1.58. The van der Waals surface area contributed by atoms with Gasteiger partial charge in [0, 0.05) is 43.3 Å². The SMILES string of the molecule is C=CCOC(=O)NCc1cccc(-c2ccc([C@@H]3O[C@H](CN4CCC5(CC4)C(=O)NCN5c4ccccc4)[C@H](C)[C@H](c4ccc(CO)cc4)O3)cc2)c1. The molecule has 276 valence electrons. The third-order valence-corrected chi connectivity index (χ3v) is 10.9. The van der Waals surface area contributed by atoms with Crippen LogP contribution in [0, 0.1) is 5.92 Å². The van der Waals surface area contributed by atoms with Crippen molar-refractivity contribution < 1.29 is 28.9 Å². The maximum Gasteiger partial charge on any atom is 0.407 e. The lowest BCUT2D eigenvalue weighted by molar-refractivity contribution is -0.276. The van der Waals surface area contributed by atoms with Crippen molar-refractivity contribution in [1.29, 1.82) is 0 Å². The lowest BCUT2D eigenvalue weighted by Gasteiger charge is -2.46. The lowest BCUT2D eigenvalue weighted by atomic mass is 9.84. The molecule has 4 aromatic rings. The summed E-state index contributed by atoms with van der Waals surface area (Å²) < 4.78 is 18.6. The monoisotopic (exact) mass is 716 g/mol. The van der Waals surface area contributed by atoms with Crippen LogP contribution in [0.5, 0.6) is 0 Å². The molecule has 0 radical (unpaired) electrons. The van der Waals surface area contributed by atoms with E-state index in [-0.39, 0.29) is 37.2 Å². The fourth-order valence-corrected chi connectivity index (χ4v) is 7.77. The van der Waals surface area contributed by atoms with E-state index in [1.807, 2.05) is 60.7 Å². The van der Waals surface area contributed by atoms with Crippen molar-refractivity contribution in [2.45, 2.75) is 57.0 Å². The highest BCUT2D eigenvalue weighted by atomic mass is 16.7. The number of nitrogens with zero attached hydrogens (tertiary/aromatic N) is 2. The normalized spacial score (nSPS) is 22.7. The third kappa shape index (κ3) is 8.01. The Balaban J connectivity index is 1.06. The number of hydrogen-bond acceptors (Lipinski definition) is 8. The molecule has 0 bridgehead atoms. The summed E-state index contributed by atoms with van der Waals surface area (Å²) in [5.74, 6) is 0.154. The van der Waals surface area contributed by atoms with Crippen molar-refractivity contribution >= 4 is 17.7 Å².